The SMILES string of the molecule is Cc1nc([N+](=O)[O-])cn1-c1ccc([N+](=O)[O-])cc1[N+](=O)[O-]. The Balaban J connectivity index is 2.66. The molecule has 0 aliphatic heterocycles. The fourth-order valence-corrected chi connectivity index (χ4v) is 1.76. The van der Waals surface area contributed by atoms with Crippen molar-refractivity contribution in [1.82, 2.24) is 9.55 Å². The van der Waals surface area contributed by atoms with Crippen molar-refractivity contribution >= 4 is 17.2 Å². The number of hydrogen-bond acceptors (Lipinski definition) is 7. The first-order valence-electron chi connectivity index (χ1n) is 5.45. The summed E-state index contributed by atoms with van der Waals surface area (Å²) in [6.07, 6.45) is 1.02. The van der Waals surface area contributed by atoms with Gasteiger partial charge in [-0.3, -0.25) is 24.8 Å². The lowest BCUT2D eigenvalue weighted by atomic mass is 10.2. The van der Waals surface area contributed by atoms with Crippen LogP contribution in [0.4, 0.5) is 17.2 Å². The second kappa shape index (κ2) is 4.96. The number of non-ortho nitro benzene ring substituents is 1. The van der Waals surface area contributed by atoms with Gasteiger partial charge in [0.15, 0.2) is 0 Å². The highest BCUT2D eigenvalue weighted by molar-refractivity contribution is 5.58. The zero-order valence-corrected chi connectivity index (χ0v) is 10.5. The Labute approximate surface area is 115 Å². The summed E-state index contributed by atoms with van der Waals surface area (Å²) >= 11 is 0. The van der Waals surface area contributed by atoms with Gasteiger partial charge in [-0.1, -0.05) is 0 Å². The first kappa shape index (κ1) is 14.0. The molecule has 11 nitrogen and oxygen atoms in total. The lowest BCUT2D eigenvalue weighted by Crippen LogP contribution is -2.02. The minimum Gasteiger partial charge on any atom is -0.358 e. The van der Waals surface area contributed by atoms with Crippen molar-refractivity contribution in [3.63, 3.8) is 0 Å². The number of imidazole rings is 1. The van der Waals surface area contributed by atoms with Crippen LogP contribution in [0.3, 0.4) is 0 Å². The normalized spacial score (nSPS) is 10.3. The molecule has 0 spiro atoms. The quantitative estimate of drug-likeness (QED) is 0.617. The Kier molecular flexibility index (Phi) is 3.32. The number of benzene rings is 1. The number of nitro benzene ring substituents is 2. The predicted octanol–water partition coefficient (Wildman–Crippen LogP) is 1.91. The van der Waals surface area contributed by atoms with Crippen LogP contribution < -0.4 is 0 Å². The summed E-state index contributed by atoms with van der Waals surface area (Å²) in [7, 11) is 0. The van der Waals surface area contributed by atoms with Crippen molar-refractivity contribution in [2.75, 3.05) is 0 Å². The van der Waals surface area contributed by atoms with Crippen LogP contribution in [-0.2, 0) is 0 Å². The molecule has 0 aliphatic carbocycles. The van der Waals surface area contributed by atoms with E-state index in [9.17, 15) is 30.3 Å². The second-order valence-corrected chi connectivity index (χ2v) is 3.96. The maximum absolute atomic E-state index is 11.0. The summed E-state index contributed by atoms with van der Waals surface area (Å²) in [5.41, 5.74) is -1.03. The van der Waals surface area contributed by atoms with E-state index in [-0.39, 0.29) is 11.5 Å². The minimum atomic E-state index is -0.798. The van der Waals surface area contributed by atoms with Gasteiger partial charge < -0.3 is 10.1 Å². The van der Waals surface area contributed by atoms with E-state index in [0.29, 0.717) is 0 Å². The van der Waals surface area contributed by atoms with Gasteiger partial charge in [-0.15, -0.1) is 0 Å². The lowest BCUT2D eigenvalue weighted by Gasteiger charge is -2.03. The number of aryl methyl sites for hydroxylation is 1. The molecular weight excluding hydrogens is 286 g/mol. The first-order valence-corrected chi connectivity index (χ1v) is 5.45. The molecule has 1 heterocycles. The third-order valence-electron chi connectivity index (χ3n) is 2.68. The maximum atomic E-state index is 11.0. The monoisotopic (exact) mass is 293 g/mol. The summed E-state index contributed by atoms with van der Waals surface area (Å²) in [5, 5.41) is 32.4. The molecule has 0 aliphatic rings. The van der Waals surface area contributed by atoms with Gasteiger partial charge in [0.05, 0.1) is 15.9 Å². The van der Waals surface area contributed by atoms with E-state index < -0.39 is 32.0 Å². The summed E-state index contributed by atoms with van der Waals surface area (Å²) in [6, 6.07) is 3.02. The van der Waals surface area contributed by atoms with Crippen molar-refractivity contribution in [3.05, 3.63) is 60.6 Å². The van der Waals surface area contributed by atoms with Crippen molar-refractivity contribution in [1.29, 1.82) is 0 Å². The molecule has 0 fully saturated rings. The van der Waals surface area contributed by atoms with Gasteiger partial charge in [0, 0.05) is 13.0 Å². The van der Waals surface area contributed by atoms with Gasteiger partial charge in [-0.05, 0) is 16.0 Å². The predicted molar refractivity (Wildman–Crippen MR) is 68.3 cm³/mol. The number of nitro groups is 3. The Morgan fingerprint density at radius 1 is 1.05 bits per heavy atom. The van der Waals surface area contributed by atoms with Crippen molar-refractivity contribution in [3.8, 4) is 5.69 Å². The van der Waals surface area contributed by atoms with Crippen LogP contribution in [0.25, 0.3) is 5.69 Å². The zero-order chi connectivity index (χ0) is 15.7. The summed E-state index contributed by atoms with van der Waals surface area (Å²) < 4.78 is 1.14. The Morgan fingerprint density at radius 2 is 1.71 bits per heavy atom. The second-order valence-electron chi connectivity index (χ2n) is 3.96. The average molecular weight is 293 g/mol. The number of aromatic nitrogens is 2. The smallest absolute Gasteiger partial charge is 0.358 e. The van der Waals surface area contributed by atoms with E-state index in [1.165, 1.54) is 6.92 Å². The van der Waals surface area contributed by atoms with E-state index in [1.54, 1.807) is 0 Å². The molecule has 0 radical (unpaired) electrons. The van der Waals surface area contributed by atoms with Gasteiger partial charge in [0.25, 0.3) is 11.4 Å². The van der Waals surface area contributed by atoms with Gasteiger partial charge in [-0.2, -0.15) is 0 Å². The van der Waals surface area contributed by atoms with Crippen LogP contribution in [0, 0.1) is 37.3 Å². The standard InChI is InChI=1S/C10H7N5O6/c1-6-11-10(15(20)21)5-12(6)8-3-2-7(13(16)17)4-9(8)14(18)19/h2-5H,1H3. The molecule has 0 bridgehead atoms. The molecule has 108 valence electrons. The molecule has 2 rings (SSSR count). The van der Waals surface area contributed by atoms with Crippen molar-refractivity contribution in [2.45, 2.75) is 6.92 Å². The molecule has 11 heteroatoms. The fourth-order valence-electron chi connectivity index (χ4n) is 1.76. The Hall–Kier alpha value is -3.37. The highest BCUT2D eigenvalue weighted by Crippen LogP contribution is 2.29. The molecule has 1 aromatic heterocycles. The van der Waals surface area contributed by atoms with Crippen LogP contribution in [0.1, 0.15) is 5.82 Å². The van der Waals surface area contributed by atoms with Crippen molar-refractivity contribution < 1.29 is 14.8 Å². The summed E-state index contributed by atoms with van der Waals surface area (Å²) in [4.78, 5) is 33.7. The number of rotatable bonds is 4. The van der Waals surface area contributed by atoms with Gasteiger partial charge in [-0.25, -0.2) is 0 Å². The molecule has 21 heavy (non-hydrogen) atoms. The van der Waals surface area contributed by atoms with Crippen molar-refractivity contribution in [2.24, 2.45) is 0 Å². The molecule has 2 aromatic rings. The van der Waals surface area contributed by atoms with Crippen LogP contribution in [0.2, 0.25) is 0 Å². The van der Waals surface area contributed by atoms with E-state index in [1.807, 2.05) is 0 Å². The fraction of sp³-hybridized carbons (Fsp3) is 0.100. The Bertz CT molecular complexity index is 767. The van der Waals surface area contributed by atoms with Gasteiger partial charge in [0.2, 0.25) is 5.82 Å². The molecule has 0 N–H and O–H groups in total. The largest absolute Gasteiger partial charge is 0.382 e. The molecule has 0 amide bonds. The Morgan fingerprint density at radius 3 is 2.19 bits per heavy atom. The summed E-state index contributed by atoms with van der Waals surface area (Å²) in [5.74, 6) is -0.321. The molecular formula is C10H7N5O6. The van der Waals surface area contributed by atoms with Gasteiger partial charge >= 0.3 is 5.82 Å². The van der Waals surface area contributed by atoms with Crippen LogP contribution >= 0.6 is 0 Å². The highest BCUT2D eigenvalue weighted by Gasteiger charge is 2.25. The number of nitrogens with zero attached hydrogens (tertiary/aromatic N) is 5. The van der Waals surface area contributed by atoms with E-state index in [4.69, 9.17) is 0 Å². The third-order valence-corrected chi connectivity index (χ3v) is 2.68. The van der Waals surface area contributed by atoms with Crippen LogP contribution in [0.15, 0.2) is 24.4 Å². The topological polar surface area (TPSA) is 147 Å². The molecule has 0 saturated heterocycles. The molecule has 0 saturated carbocycles. The van der Waals surface area contributed by atoms with E-state index in [2.05, 4.69) is 4.98 Å². The molecule has 0 unspecified atom stereocenters. The average Bonchev–Trinajstić information content (AvgIpc) is 2.80. The summed E-state index contributed by atoms with van der Waals surface area (Å²) in [6.45, 7) is 1.43. The molecule has 1 aromatic carbocycles. The third kappa shape index (κ3) is 2.51. The van der Waals surface area contributed by atoms with Gasteiger partial charge in [0.1, 0.15) is 11.9 Å². The van der Waals surface area contributed by atoms with E-state index >= 15 is 0 Å². The zero-order valence-electron chi connectivity index (χ0n) is 10.5. The lowest BCUT2D eigenvalue weighted by molar-refractivity contribution is -0.394. The van der Waals surface area contributed by atoms with Crippen LogP contribution in [-0.4, -0.2) is 24.3 Å². The number of hydrogen-bond donors (Lipinski definition) is 0. The first-order chi connectivity index (χ1) is 9.81. The minimum absolute atomic E-state index is 0.0382. The van der Waals surface area contributed by atoms with Crippen LogP contribution in [0.5, 0.6) is 0 Å². The molecule has 0 atom stereocenters. The van der Waals surface area contributed by atoms with E-state index in [0.717, 1.165) is 29.0 Å². The highest BCUT2D eigenvalue weighted by atomic mass is 16.6. The maximum Gasteiger partial charge on any atom is 0.382 e.